The number of aryl methyl sites for hydroxylation is 1. The highest BCUT2D eigenvalue weighted by molar-refractivity contribution is 5.95. The molecule has 1 aromatic heterocycles. The number of nitrogens with zero attached hydrogens (tertiary/aromatic N) is 3. The number of hydrogen-bond donors (Lipinski definition) is 1. The second kappa shape index (κ2) is 10.4. The van der Waals surface area contributed by atoms with E-state index in [0.29, 0.717) is 6.54 Å². The van der Waals surface area contributed by atoms with Crippen molar-refractivity contribution in [2.45, 2.75) is 19.9 Å². The second-order valence-corrected chi connectivity index (χ2v) is 7.51. The lowest BCUT2D eigenvalue weighted by Gasteiger charge is -2.09. The van der Waals surface area contributed by atoms with Gasteiger partial charge < -0.3 is 10.2 Å². The molecule has 0 fully saturated rings. The van der Waals surface area contributed by atoms with Gasteiger partial charge in [-0.1, -0.05) is 61.5 Å². The van der Waals surface area contributed by atoms with Gasteiger partial charge >= 0.3 is 0 Å². The molecule has 1 heterocycles. The first-order valence-electron chi connectivity index (χ1n) is 10.3. The van der Waals surface area contributed by atoms with Crippen LogP contribution in [0.5, 0.6) is 0 Å². The summed E-state index contributed by atoms with van der Waals surface area (Å²) in [6.07, 6.45) is 6.09. The number of hydrogen-bond acceptors (Lipinski definition) is 3. The van der Waals surface area contributed by atoms with Crippen molar-refractivity contribution in [3.8, 4) is 11.3 Å². The van der Waals surface area contributed by atoms with Crippen LogP contribution in [-0.2, 0) is 22.6 Å². The molecule has 0 aliphatic heterocycles. The van der Waals surface area contributed by atoms with Crippen molar-refractivity contribution in [3.63, 3.8) is 0 Å². The summed E-state index contributed by atoms with van der Waals surface area (Å²) in [5.74, 6) is -0.479. The van der Waals surface area contributed by atoms with E-state index in [2.05, 4.69) is 48.6 Å². The summed E-state index contributed by atoms with van der Waals surface area (Å²) in [6, 6.07) is 18.4. The van der Waals surface area contributed by atoms with Crippen molar-refractivity contribution < 1.29 is 9.59 Å². The molecular formula is C25H28N4O2. The van der Waals surface area contributed by atoms with Crippen molar-refractivity contribution in [2.75, 3.05) is 20.6 Å². The molecule has 6 heteroatoms. The van der Waals surface area contributed by atoms with Crippen LogP contribution in [0.4, 0.5) is 0 Å². The summed E-state index contributed by atoms with van der Waals surface area (Å²) >= 11 is 0. The Balaban J connectivity index is 1.83. The van der Waals surface area contributed by atoms with Gasteiger partial charge in [0.2, 0.25) is 11.8 Å². The Morgan fingerprint density at radius 3 is 2.39 bits per heavy atom. The monoisotopic (exact) mass is 416 g/mol. The lowest BCUT2D eigenvalue weighted by molar-refractivity contribution is -0.129. The lowest BCUT2D eigenvalue weighted by atomic mass is 10.0. The summed E-state index contributed by atoms with van der Waals surface area (Å²) in [5, 5.41) is 7.39. The average molecular weight is 417 g/mol. The van der Waals surface area contributed by atoms with Crippen LogP contribution in [0.2, 0.25) is 0 Å². The SMILES string of the molecule is CCc1ccc(-c2nn(Cc3ccccc3)cc2/C=C/C(=O)NCC(=O)N(C)C)cc1. The number of likely N-dealkylation sites (N-methyl/N-ethyl adjacent to an activating group) is 1. The smallest absolute Gasteiger partial charge is 0.244 e. The number of aromatic nitrogens is 2. The Bertz CT molecular complexity index is 1050. The molecule has 31 heavy (non-hydrogen) atoms. The van der Waals surface area contributed by atoms with E-state index in [9.17, 15) is 9.59 Å². The van der Waals surface area contributed by atoms with Gasteiger partial charge in [-0.05, 0) is 23.6 Å². The fourth-order valence-corrected chi connectivity index (χ4v) is 3.08. The summed E-state index contributed by atoms with van der Waals surface area (Å²) in [4.78, 5) is 25.3. The average Bonchev–Trinajstić information content (AvgIpc) is 3.19. The van der Waals surface area contributed by atoms with Gasteiger partial charge in [-0.25, -0.2) is 0 Å². The molecule has 0 atom stereocenters. The minimum absolute atomic E-state index is 0.0330. The Kier molecular flexibility index (Phi) is 7.38. The van der Waals surface area contributed by atoms with Crippen molar-refractivity contribution in [3.05, 3.63) is 83.6 Å². The quantitative estimate of drug-likeness (QED) is 0.573. The molecule has 0 saturated carbocycles. The summed E-state index contributed by atoms with van der Waals surface area (Å²) in [6.45, 7) is 2.73. The van der Waals surface area contributed by atoms with Gasteiger partial charge in [-0.15, -0.1) is 0 Å². The van der Waals surface area contributed by atoms with Crippen LogP contribution in [-0.4, -0.2) is 47.1 Å². The Labute approximate surface area is 183 Å². The van der Waals surface area contributed by atoms with E-state index in [0.717, 1.165) is 28.8 Å². The number of amides is 2. The maximum Gasteiger partial charge on any atom is 0.244 e. The molecule has 160 valence electrons. The van der Waals surface area contributed by atoms with Crippen LogP contribution in [0, 0.1) is 0 Å². The third kappa shape index (κ3) is 6.15. The van der Waals surface area contributed by atoms with E-state index in [1.807, 2.05) is 29.1 Å². The molecule has 3 rings (SSSR count). The molecule has 0 bridgehead atoms. The zero-order chi connectivity index (χ0) is 22.2. The number of carbonyl (C=O) groups excluding carboxylic acids is 2. The lowest BCUT2D eigenvalue weighted by Crippen LogP contribution is -2.35. The zero-order valence-electron chi connectivity index (χ0n) is 18.2. The number of nitrogens with one attached hydrogen (secondary N) is 1. The van der Waals surface area contributed by atoms with Gasteiger partial charge in [-0.3, -0.25) is 14.3 Å². The van der Waals surface area contributed by atoms with Crippen LogP contribution >= 0.6 is 0 Å². The normalized spacial score (nSPS) is 10.9. The molecule has 0 saturated heterocycles. The van der Waals surface area contributed by atoms with Gasteiger partial charge in [0.1, 0.15) is 0 Å². The van der Waals surface area contributed by atoms with E-state index in [1.54, 1.807) is 20.2 Å². The third-order valence-electron chi connectivity index (χ3n) is 4.94. The first kappa shape index (κ1) is 22.0. The van der Waals surface area contributed by atoms with E-state index in [1.165, 1.54) is 16.5 Å². The highest BCUT2D eigenvalue weighted by atomic mass is 16.2. The van der Waals surface area contributed by atoms with Gasteiger partial charge in [0.15, 0.2) is 0 Å². The first-order valence-corrected chi connectivity index (χ1v) is 10.3. The van der Waals surface area contributed by atoms with Crippen LogP contribution in [0.15, 0.2) is 66.9 Å². The van der Waals surface area contributed by atoms with Crippen LogP contribution < -0.4 is 5.32 Å². The molecule has 2 amide bonds. The predicted octanol–water partition coefficient (Wildman–Crippen LogP) is 3.38. The molecule has 0 spiro atoms. The van der Waals surface area contributed by atoms with Crippen molar-refractivity contribution in [1.82, 2.24) is 20.0 Å². The highest BCUT2D eigenvalue weighted by Crippen LogP contribution is 2.24. The minimum atomic E-state index is -0.321. The molecule has 0 radical (unpaired) electrons. The summed E-state index contributed by atoms with van der Waals surface area (Å²) in [5.41, 5.74) is 5.05. The van der Waals surface area contributed by atoms with Gasteiger partial charge in [0.25, 0.3) is 0 Å². The number of benzene rings is 2. The predicted molar refractivity (Wildman–Crippen MR) is 123 cm³/mol. The maximum absolute atomic E-state index is 12.2. The number of rotatable bonds is 8. The second-order valence-electron chi connectivity index (χ2n) is 7.51. The van der Waals surface area contributed by atoms with E-state index in [-0.39, 0.29) is 18.4 Å². The fraction of sp³-hybridized carbons (Fsp3) is 0.240. The molecule has 1 N–H and O–H groups in total. The molecule has 2 aromatic carbocycles. The van der Waals surface area contributed by atoms with Crippen molar-refractivity contribution >= 4 is 17.9 Å². The summed E-state index contributed by atoms with van der Waals surface area (Å²) < 4.78 is 1.88. The molecule has 0 aliphatic carbocycles. The topological polar surface area (TPSA) is 67.2 Å². The molecule has 3 aromatic rings. The Hall–Kier alpha value is -3.67. The standard InChI is InChI=1S/C25H28N4O2/c1-4-19-10-12-21(13-11-19)25-22(14-15-23(30)26-16-24(31)28(2)3)18-29(27-25)17-20-8-6-5-7-9-20/h5-15,18H,4,16-17H2,1-3H3,(H,26,30)/b15-14+. The molecule has 6 nitrogen and oxygen atoms in total. The molecular weight excluding hydrogens is 388 g/mol. The highest BCUT2D eigenvalue weighted by Gasteiger charge is 2.11. The Morgan fingerprint density at radius 2 is 1.74 bits per heavy atom. The Morgan fingerprint density at radius 1 is 1.03 bits per heavy atom. The summed E-state index contributed by atoms with van der Waals surface area (Å²) in [7, 11) is 3.31. The van der Waals surface area contributed by atoms with Crippen LogP contribution in [0.1, 0.15) is 23.6 Å². The van der Waals surface area contributed by atoms with E-state index >= 15 is 0 Å². The van der Waals surface area contributed by atoms with Crippen molar-refractivity contribution in [1.29, 1.82) is 0 Å². The van der Waals surface area contributed by atoms with E-state index in [4.69, 9.17) is 5.10 Å². The largest absolute Gasteiger partial charge is 0.347 e. The first-order chi connectivity index (χ1) is 15.0. The van der Waals surface area contributed by atoms with Gasteiger partial charge in [0.05, 0.1) is 18.8 Å². The third-order valence-corrected chi connectivity index (χ3v) is 4.94. The van der Waals surface area contributed by atoms with Crippen LogP contribution in [0.3, 0.4) is 0 Å². The van der Waals surface area contributed by atoms with E-state index < -0.39 is 0 Å². The molecule has 0 aliphatic rings. The molecule has 0 unspecified atom stereocenters. The van der Waals surface area contributed by atoms with Gasteiger partial charge in [0, 0.05) is 37.5 Å². The van der Waals surface area contributed by atoms with Crippen molar-refractivity contribution in [2.24, 2.45) is 0 Å². The zero-order valence-corrected chi connectivity index (χ0v) is 18.2. The maximum atomic E-state index is 12.2. The fourth-order valence-electron chi connectivity index (χ4n) is 3.08. The van der Waals surface area contributed by atoms with Crippen LogP contribution in [0.25, 0.3) is 17.3 Å². The van der Waals surface area contributed by atoms with Gasteiger partial charge in [-0.2, -0.15) is 5.10 Å². The number of carbonyl (C=O) groups is 2. The minimum Gasteiger partial charge on any atom is -0.347 e.